The molecule has 0 N–H and O–H groups in total. The standard InChI is InChI=1S/C11H15N3/c1-7(2)14-6-8(3)10-5-12-9(4)13-11(10)14/h5-7H,1-4H3. The second-order valence-electron chi connectivity index (χ2n) is 3.97. The summed E-state index contributed by atoms with van der Waals surface area (Å²) in [6, 6.07) is 0.445. The van der Waals surface area contributed by atoms with Gasteiger partial charge in [0, 0.05) is 23.8 Å². The van der Waals surface area contributed by atoms with Gasteiger partial charge in [-0.25, -0.2) is 9.97 Å². The lowest BCUT2D eigenvalue weighted by Crippen LogP contribution is -2.00. The first-order chi connectivity index (χ1) is 6.59. The molecule has 0 saturated carbocycles. The maximum atomic E-state index is 4.47. The van der Waals surface area contributed by atoms with Crippen LogP contribution in [0.4, 0.5) is 0 Å². The minimum absolute atomic E-state index is 0.445. The normalized spacial score (nSPS) is 11.5. The average Bonchev–Trinajstić information content (AvgIpc) is 2.43. The molecule has 0 spiro atoms. The van der Waals surface area contributed by atoms with Gasteiger partial charge in [0.2, 0.25) is 0 Å². The number of aromatic nitrogens is 3. The highest BCUT2D eigenvalue weighted by atomic mass is 15.1. The molecule has 0 aliphatic carbocycles. The van der Waals surface area contributed by atoms with Crippen LogP contribution >= 0.6 is 0 Å². The Hall–Kier alpha value is -1.38. The van der Waals surface area contributed by atoms with E-state index < -0.39 is 0 Å². The van der Waals surface area contributed by atoms with Gasteiger partial charge in [0.1, 0.15) is 11.5 Å². The highest BCUT2D eigenvalue weighted by Gasteiger charge is 2.09. The van der Waals surface area contributed by atoms with Gasteiger partial charge >= 0.3 is 0 Å². The first-order valence-electron chi connectivity index (χ1n) is 4.90. The fourth-order valence-electron chi connectivity index (χ4n) is 1.67. The summed E-state index contributed by atoms with van der Waals surface area (Å²) in [7, 11) is 0. The molecule has 0 bridgehead atoms. The first kappa shape index (κ1) is 9.19. The van der Waals surface area contributed by atoms with E-state index >= 15 is 0 Å². The molecule has 0 aromatic carbocycles. The highest BCUT2D eigenvalue weighted by Crippen LogP contribution is 2.21. The lowest BCUT2D eigenvalue weighted by Gasteiger charge is -2.07. The van der Waals surface area contributed by atoms with Crippen molar-refractivity contribution < 1.29 is 0 Å². The molecule has 2 rings (SSSR count). The van der Waals surface area contributed by atoms with E-state index in [2.05, 4.69) is 41.5 Å². The van der Waals surface area contributed by atoms with Crippen molar-refractivity contribution in [3.8, 4) is 0 Å². The zero-order chi connectivity index (χ0) is 10.3. The summed E-state index contributed by atoms with van der Waals surface area (Å²) in [5, 5.41) is 1.16. The summed E-state index contributed by atoms with van der Waals surface area (Å²) in [5.74, 6) is 0.831. The van der Waals surface area contributed by atoms with Crippen LogP contribution in [0.3, 0.4) is 0 Å². The predicted molar refractivity (Wildman–Crippen MR) is 57.4 cm³/mol. The number of fused-ring (bicyclic) bond motifs is 1. The van der Waals surface area contributed by atoms with Crippen molar-refractivity contribution in [2.75, 3.05) is 0 Å². The number of hydrogen-bond acceptors (Lipinski definition) is 2. The molecule has 2 heterocycles. The van der Waals surface area contributed by atoms with Gasteiger partial charge in [0.15, 0.2) is 0 Å². The van der Waals surface area contributed by atoms with Gasteiger partial charge in [-0.3, -0.25) is 0 Å². The number of nitrogens with zero attached hydrogens (tertiary/aromatic N) is 3. The monoisotopic (exact) mass is 189 g/mol. The molecule has 0 unspecified atom stereocenters. The molecule has 0 amide bonds. The zero-order valence-corrected chi connectivity index (χ0v) is 9.07. The molecule has 0 radical (unpaired) electrons. The fourth-order valence-corrected chi connectivity index (χ4v) is 1.67. The smallest absolute Gasteiger partial charge is 0.144 e. The van der Waals surface area contributed by atoms with Crippen molar-refractivity contribution in [1.82, 2.24) is 14.5 Å². The Bertz CT molecular complexity index is 469. The Morgan fingerprint density at radius 3 is 2.64 bits per heavy atom. The lowest BCUT2D eigenvalue weighted by molar-refractivity contribution is 0.616. The maximum absolute atomic E-state index is 4.47. The minimum Gasteiger partial charge on any atom is -0.330 e. The van der Waals surface area contributed by atoms with Crippen LogP contribution in [0.1, 0.15) is 31.3 Å². The molecule has 0 saturated heterocycles. The molecular formula is C11H15N3. The van der Waals surface area contributed by atoms with Gasteiger partial charge in [-0.05, 0) is 33.3 Å². The summed E-state index contributed by atoms with van der Waals surface area (Å²) in [5.41, 5.74) is 2.29. The van der Waals surface area contributed by atoms with E-state index in [-0.39, 0.29) is 0 Å². The SMILES string of the molecule is Cc1ncc2c(C)cn(C(C)C)c2n1. The molecule has 14 heavy (non-hydrogen) atoms. The summed E-state index contributed by atoms with van der Waals surface area (Å²) in [6.07, 6.45) is 4.05. The van der Waals surface area contributed by atoms with Gasteiger partial charge in [-0.2, -0.15) is 0 Å². The van der Waals surface area contributed by atoms with Gasteiger partial charge in [0.25, 0.3) is 0 Å². The quantitative estimate of drug-likeness (QED) is 0.690. The molecule has 0 atom stereocenters. The topological polar surface area (TPSA) is 30.7 Å². The summed E-state index contributed by atoms with van der Waals surface area (Å²) >= 11 is 0. The summed E-state index contributed by atoms with van der Waals surface area (Å²) in [4.78, 5) is 8.69. The molecule has 0 aliphatic rings. The molecule has 3 nitrogen and oxygen atoms in total. The third kappa shape index (κ3) is 1.29. The number of aryl methyl sites for hydroxylation is 2. The summed E-state index contributed by atoms with van der Waals surface area (Å²) in [6.45, 7) is 8.35. The maximum Gasteiger partial charge on any atom is 0.144 e. The number of rotatable bonds is 1. The zero-order valence-electron chi connectivity index (χ0n) is 9.07. The molecule has 74 valence electrons. The fraction of sp³-hybridized carbons (Fsp3) is 0.455. The third-order valence-corrected chi connectivity index (χ3v) is 2.45. The van der Waals surface area contributed by atoms with E-state index in [0.29, 0.717) is 6.04 Å². The molecular weight excluding hydrogens is 174 g/mol. The van der Waals surface area contributed by atoms with E-state index in [1.165, 1.54) is 5.56 Å². The Labute approximate surface area is 83.8 Å². The van der Waals surface area contributed by atoms with E-state index in [9.17, 15) is 0 Å². The van der Waals surface area contributed by atoms with Crippen LogP contribution in [0.5, 0.6) is 0 Å². The van der Waals surface area contributed by atoms with Gasteiger partial charge in [0.05, 0.1) is 0 Å². The van der Waals surface area contributed by atoms with E-state index in [4.69, 9.17) is 0 Å². The second-order valence-corrected chi connectivity index (χ2v) is 3.97. The minimum atomic E-state index is 0.445. The Kier molecular flexibility index (Phi) is 2.02. The van der Waals surface area contributed by atoms with Crippen molar-refractivity contribution in [2.24, 2.45) is 0 Å². The average molecular weight is 189 g/mol. The van der Waals surface area contributed by atoms with Crippen molar-refractivity contribution in [3.05, 3.63) is 23.8 Å². The Morgan fingerprint density at radius 1 is 1.29 bits per heavy atom. The van der Waals surface area contributed by atoms with Crippen molar-refractivity contribution in [2.45, 2.75) is 33.7 Å². The van der Waals surface area contributed by atoms with E-state index in [1.54, 1.807) is 0 Å². The largest absolute Gasteiger partial charge is 0.330 e. The van der Waals surface area contributed by atoms with E-state index in [1.807, 2.05) is 13.1 Å². The van der Waals surface area contributed by atoms with Crippen LogP contribution in [-0.2, 0) is 0 Å². The van der Waals surface area contributed by atoms with Crippen LogP contribution in [0.25, 0.3) is 11.0 Å². The molecule has 2 aromatic heterocycles. The first-order valence-corrected chi connectivity index (χ1v) is 4.90. The highest BCUT2D eigenvalue weighted by molar-refractivity contribution is 5.79. The van der Waals surface area contributed by atoms with Crippen LogP contribution in [0.15, 0.2) is 12.4 Å². The van der Waals surface area contributed by atoms with Crippen LogP contribution < -0.4 is 0 Å². The van der Waals surface area contributed by atoms with Crippen molar-refractivity contribution in [3.63, 3.8) is 0 Å². The number of hydrogen-bond donors (Lipinski definition) is 0. The molecule has 0 aliphatic heterocycles. The van der Waals surface area contributed by atoms with Crippen molar-refractivity contribution >= 4 is 11.0 Å². The van der Waals surface area contributed by atoms with E-state index in [0.717, 1.165) is 16.9 Å². The van der Waals surface area contributed by atoms with Crippen molar-refractivity contribution in [1.29, 1.82) is 0 Å². The summed E-state index contributed by atoms with van der Waals surface area (Å²) < 4.78 is 2.19. The predicted octanol–water partition coefficient (Wildman–Crippen LogP) is 2.63. The van der Waals surface area contributed by atoms with Crippen LogP contribution in [0.2, 0.25) is 0 Å². The Morgan fingerprint density at radius 2 is 2.00 bits per heavy atom. The van der Waals surface area contributed by atoms with Crippen LogP contribution in [0, 0.1) is 13.8 Å². The van der Waals surface area contributed by atoms with Gasteiger partial charge < -0.3 is 4.57 Å². The Balaban J connectivity index is 2.79. The second kappa shape index (κ2) is 3.08. The molecule has 3 heteroatoms. The lowest BCUT2D eigenvalue weighted by atomic mass is 10.3. The van der Waals surface area contributed by atoms with Gasteiger partial charge in [-0.15, -0.1) is 0 Å². The van der Waals surface area contributed by atoms with Crippen LogP contribution in [-0.4, -0.2) is 14.5 Å². The molecule has 0 fully saturated rings. The third-order valence-electron chi connectivity index (χ3n) is 2.45. The molecule has 2 aromatic rings. The van der Waals surface area contributed by atoms with Gasteiger partial charge in [-0.1, -0.05) is 0 Å².